The number of benzene rings is 1. The summed E-state index contributed by atoms with van der Waals surface area (Å²) in [5.74, 6) is 0.429. The van der Waals surface area contributed by atoms with E-state index in [4.69, 9.17) is 11.6 Å². The molecule has 1 N–H and O–H groups in total. The molecular formula is C13H18ClNO2S. The molecule has 100 valence electrons. The van der Waals surface area contributed by atoms with E-state index in [2.05, 4.69) is 10.8 Å². The summed E-state index contributed by atoms with van der Waals surface area (Å²) in [5.41, 5.74) is 2.36. The third-order valence-corrected chi connectivity index (χ3v) is 5.40. The second-order valence-electron chi connectivity index (χ2n) is 4.95. The fraction of sp³-hybridized carbons (Fsp3) is 0.538. The van der Waals surface area contributed by atoms with Gasteiger partial charge in [-0.3, -0.25) is 0 Å². The van der Waals surface area contributed by atoms with E-state index in [1.54, 1.807) is 0 Å². The van der Waals surface area contributed by atoms with Crippen LogP contribution in [0.25, 0.3) is 0 Å². The monoisotopic (exact) mass is 287 g/mol. The van der Waals surface area contributed by atoms with Crippen molar-refractivity contribution in [2.45, 2.75) is 25.8 Å². The topological polar surface area (TPSA) is 46.2 Å². The van der Waals surface area contributed by atoms with Crippen LogP contribution in [-0.4, -0.2) is 20.1 Å². The highest BCUT2D eigenvalue weighted by Gasteiger charge is 2.26. The summed E-state index contributed by atoms with van der Waals surface area (Å²) < 4.78 is 26.8. The normalized spacial score (nSPS) is 20.7. The highest BCUT2D eigenvalue weighted by atomic mass is 35.5. The summed E-state index contributed by atoms with van der Waals surface area (Å²) in [6.45, 7) is 1.84. The summed E-state index contributed by atoms with van der Waals surface area (Å²) >= 11 is 5.66. The van der Waals surface area contributed by atoms with Crippen LogP contribution in [0.4, 0.5) is 0 Å². The van der Waals surface area contributed by atoms with Crippen LogP contribution >= 0.6 is 11.6 Å². The van der Waals surface area contributed by atoms with E-state index in [9.17, 15) is 8.42 Å². The maximum absolute atomic E-state index is 12.0. The molecule has 0 amide bonds. The van der Waals surface area contributed by atoms with E-state index in [1.807, 2.05) is 25.1 Å². The van der Waals surface area contributed by atoms with Crippen molar-refractivity contribution in [1.29, 1.82) is 0 Å². The second kappa shape index (κ2) is 5.59. The first kappa shape index (κ1) is 13.8. The van der Waals surface area contributed by atoms with E-state index in [-0.39, 0.29) is 17.7 Å². The van der Waals surface area contributed by atoms with Gasteiger partial charge in [0.25, 0.3) is 0 Å². The molecule has 1 aromatic rings. The summed E-state index contributed by atoms with van der Waals surface area (Å²) in [6, 6.07) is 7.93. The predicted molar refractivity (Wildman–Crippen MR) is 74.3 cm³/mol. The van der Waals surface area contributed by atoms with Crippen molar-refractivity contribution in [1.82, 2.24) is 4.72 Å². The maximum atomic E-state index is 12.0. The number of halogens is 1. The lowest BCUT2D eigenvalue weighted by Crippen LogP contribution is -2.32. The predicted octanol–water partition coefficient (Wildman–Crippen LogP) is 2.47. The number of nitrogens with one attached hydrogen (secondary N) is 1. The quantitative estimate of drug-likeness (QED) is 0.846. The number of rotatable bonds is 5. The van der Waals surface area contributed by atoms with Gasteiger partial charge in [-0.25, -0.2) is 13.1 Å². The standard InChI is InChI=1S/C13H18ClNO2S/c1-10(8-14)9-18(16,17)15-13-7-6-11-4-2-3-5-12(11)13/h2-5,10,13,15H,6-9H2,1H3. The molecule has 0 fully saturated rings. The zero-order valence-corrected chi connectivity index (χ0v) is 12.0. The molecule has 1 aliphatic rings. The van der Waals surface area contributed by atoms with Crippen molar-refractivity contribution in [3.63, 3.8) is 0 Å². The number of fused-ring (bicyclic) bond motifs is 1. The first-order valence-corrected chi connectivity index (χ1v) is 8.34. The van der Waals surface area contributed by atoms with Crippen molar-refractivity contribution in [3.05, 3.63) is 35.4 Å². The highest BCUT2D eigenvalue weighted by molar-refractivity contribution is 7.89. The van der Waals surface area contributed by atoms with Crippen molar-refractivity contribution in [2.24, 2.45) is 5.92 Å². The molecule has 2 atom stereocenters. The molecule has 0 spiro atoms. The van der Waals surface area contributed by atoms with Crippen LogP contribution in [0.5, 0.6) is 0 Å². The molecule has 18 heavy (non-hydrogen) atoms. The number of aryl methyl sites for hydroxylation is 1. The molecule has 0 bridgehead atoms. The van der Waals surface area contributed by atoms with Gasteiger partial charge in [-0.2, -0.15) is 0 Å². The largest absolute Gasteiger partial charge is 0.212 e. The third-order valence-electron chi connectivity index (χ3n) is 3.22. The van der Waals surface area contributed by atoms with Gasteiger partial charge >= 0.3 is 0 Å². The van der Waals surface area contributed by atoms with Gasteiger partial charge < -0.3 is 0 Å². The lowest BCUT2D eigenvalue weighted by Gasteiger charge is -2.16. The SMILES string of the molecule is CC(CCl)CS(=O)(=O)NC1CCc2ccccc21. The fourth-order valence-electron chi connectivity index (χ4n) is 2.36. The molecule has 0 aromatic heterocycles. The Kier molecular flexibility index (Phi) is 4.30. The average molecular weight is 288 g/mol. The minimum Gasteiger partial charge on any atom is -0.212 e. The Hall–Kier alpha value is -0.580. The van der Waals surface area contributed by atoms with E-state index in [0.29, 0.717) is 5.88 Å². The minimum absolute atomic E-state index is 0.0270. The fourth-order valence-corrected chi connectivity index (χ4v) is 4.24. The van der Waals surface area contributed by atoms with Gasteiger partial charge in [-0.1, -0.05) is 31.2 Å². The van der Waals surface area contributed by atoms with E-state index in [1.165, 1.54) is 5.56 Å². The molecule has 0 saturated heterocycles. The molecule has 2 unspecified atom stereocenters. The third kappa shape index (κ3) is 3.25. The molecule has 3 nitrogen and oxygen atoms in total. The van der Waals surface area contributed by atoms with Gasteiger partial charge in [0.15, 0.2) is 0 Å². The van der Waals surface area contributed by atoms with Crippen molar-refractivity contribution in [3.8, 4) is 0 Å². The number of alkyl halides is 1. The van der Waals surface area contributed by atoms with Gasteiger partial charge in [-0.05, 0) is 29.9 Å². The van der Waals surface area contributed by atoms with Gasteiger partial charge in [0.1, 0.15) is 0 Å². The summed E-state index contributed by atoms with van der Waals surface area (Å²) in [7, 11) is -3.25. The molecule has 1 aromatic carbocycles. The lowest BCUT2D eigenvalue weighted by molar-refractivity contribution is 0.544. The molecule has 0 aliphatic heterocycles. The van der Waals surface area contributed by atoms with Gasteiger partial charge in [0, 0.05) is 11.9 Å². The summed E-state index contributed by atoms with van der Waals surface area (Å²) in [4.78, 5) is 0. The van der Waals surface area contributed by atoms with Crippen LogP contribution < -0.4 is 4.72 Å². The molecule has 2 rings (SSSR count). The molecule has 0 saturated carbocycles. The smallest absolute Gasteiger partial charge is 0.212 e. The Morgan fingerprint density at radius 1 is 1.44 bits per heavy atom. The van der Waals surface area contributed by atoms with Crippen LogP contribution in [0.3, 0.4) is 0 Å². The lowest BCUT2D eigenvalue weighted by atomic mass is 10.1. The Bertz CT molecular complexity index is 515. The summed E-state index contributed by atoms with van der Waals surface area (Å²) in [5, 5.41) is 0. The van der Waals surface area contributed by atoms with E-state index >= 15 is 0 Å². The van der Waals surface area contributed by atoms with Crippen molar-refractivity contribution >= 4 is 21.6 Å². The Morgan fingerprint density at radius 2 is 2.17 bits per heavy atom. The molecular weight excluding hydrogens is 270 g/mol. The first-order valence-electron chi connectivity index (χ1n) is 6.15. The average Bonchev–Trinajstić information content (AvgIpc) is 2.71. The van der Waals surface area contributed by atoms with Crippen LogP contribution in [0.15, 0.2) is 24.3 Å². The number of hydrogen-bond acceptors (Lipinski definition) is 2. The van der Waals surface area contributed by atoms with Gasteiger partial charge in [0.05, 0.1) is 5.75 Å². The minimum atomic E-state index is -3.25. The van der Waals surface area contributed by atoms with Crippen LogP contribution in [0.1, 0.15) is 30.5 Å². The zero-order valence-electron chi connectivity index (χ0n) is 10.4. The Labute approximate surface area is 114 Å². The van der Waals surface area contributed by atoms with Crippen LogP contribution in [0, 0.1) is 5.92 Å². The Morgan fingerprint density at radius 3 is 2.89 bits per heavy atom. The molecule has 0 radical (unpaired) electrons. The van der Waals surface area contributed by atoms with Crippen molar-refractivity contribution in [2.75, 3.05) is 11.6 Å². The number of hydrogen-bond donors (Lipinski definition) is 1. The zero-order chi connectivity index (χ0) is 13.2. The Balaban J connectivity index is 2.08. The summed E-state index contributed by atoms with van der Waals surface area (Å²) in [6.07, 6.45) is 1.78. The van der Waals surface area contributed by atoms with E-state index < -0.39 is 10.0 Å². The van der Waals surface area contributed by atoms with E-state index in [0.717, 1.165) is 18.4 Å². The van der Waals surface area contributed by atoms with Crippen molar-refractivity contribution < 1.29 is 8.42 Å². The highest BCUT2D eigenvalue weighted by Crippen LogP contribution is 2.31. The van der Waals surface area contributed by atoms with Gasteiger partial charge in [-0.15, -0.1) is 11.6 Å². The molecule has 1 aliphatic carbocycles. The molecule has 0 heterocycles. The maximum Gasteiger partial charge on any atom is 0.212 e. The first-order chi connectivity index (χ1) is 8.52. The van der Waals surface area contributed by atoms with Crippen LogP contribution in [-0.2, 0) is 16.4 Å². The second-order valence-corrected chi connectivity index (χ2v) is 7.06. The molecule has 5 heteroatoms. The number of sulfonamides is 1. The van der Waals surface area contributed by atoms with Crippen LogP contribution in [0.2, 0.25) is 0 Å². The van der Waals surface area contributed by atoms with Gasteiger partial charge in [0.2, 0.25) is 10.0 Å².